The Morgan fingerprint density at radius 2 is 1.77 bits per heavy atom. The SMILES string of the molecule is O=C(N[C@H](CO)C[C@H](COCc1ccccc1)C(=O)NO)c1ccc([N+](=O)[O-])cc1. The molecule has 0 bridgehead atoms. The summed E-state index contributed by atoms with van der Waals surface area (Å²) in [6.45, 7) is -0.229. The molecule has 0 aliphatic carbocycles. The second-order valence-corrected chi connectivity index (χ2v) is 6.57. The molecule has 0 aliphatic rings. The number of hydrogen-bond acceptors (Lipinski definition) is 7. The van der Waals surface area contributed by atoms with Crippen molar-refractivity contribution in [1.82, 2.24) is 10.8 Å². The molecule has 0 unspecified atom stereocenters. The predicted octanol–water partition coefficient (Wildman–Crippen LogP) is 1.41. The van der Waals surface area contributed by atoms with Crippen LogP contribution in [0.2, 0.25) is 0 Å². The molecule has 0 heterocycles. The highest BCUT2D eigenvalue weighted by Crippen LogP contribution is 2.14. The van der Waals surface area contributed by atoms with Crippen molar-refractivity contribution in [3.05, 3.63) is 75.8 Å². The average molecular weight is 417 g/mol. The first kappa shape index (κ1) is 22.9. The summed E-state index contributed by atoms with van der Waals surface area (Å²) in [7, 11) is 0. The van der Waals surface area contributed by atoms with Crippen LogP contribution in [-0.2, 0) is 16.1 Å². The number of ether oxygens (including phenoxy) is 1. The number of aliphatic hydroxyl groups excluding tert-OH is 1. The summed E-state index contributed by atoms with van der Waals surface area (Å²) in [4.78, 5) is 34.4. The number of benzene rings is 2. The zero-order valence-corrected chi connectivity index (χ0v) is 16.1. The first-order valence-electron chi connectivity index (χ1n) is 9.16. The summed E-state index contributed by atoms with van der Waals surface area (Å²) < 4.78 is 5.55. The van der Waals surface area contributed by atoms with E-state index in [1.165, 1.54) is 24.3 Å². The fraction of sp³-hybridized carbons (Fsp3) is 0.300. The third-order valence-electron chi connectivity index (χ3n) is 4.38. The molecule has 10 nitrogen and oxygen atoms in total. The lowest BCUT2D eigenvalue weighted by Gasteiger charge is -2.22. The normalized spacial score (nSPS) is 12.6. The molecule has 0 aliphatic heterocycles. The Morgan fingerprint density at radius 3 is 2.33 bits per heavy atom. The molecular weight excluding hydrogens is 394 g/mol. The third kappa shape index (κ3) is 6.92. The van der Waals surface area contributed by atoms with Crippen molar-refractivity contribution in [3.8, 4) is 0 Å². The van der Waals surface area contributed by atoms with Crippen LogP contribution in [0.4, 0.5) is 5.69 Å². The quantitative estimate of drug-likeness (QED) is 0.245. The molecule has 2 atom stereocenters. The van der Waals surface area contributed by atoms with Crippen LogP contribution in [-0.4, -0.2) is 46.3 Å². The minimum Gasteiger partial charge on any atom is -0.394 e. The second-order valence-electron chi connectivity index (χ2n) is 6.57. The van der Waals surface area contributed by atoms with E-state index >= 15 is 0 Å². The maximum absolute atomic E-state index is 12.3. The van der Waals surface area contributed by atoms with Gasteiger partial charge in [-0.2, -0.15) is 0 Å². The molecule has 2 amide bonds. The van der Waals surface area contributed by atoms with E-state index in [9.17, 15) is 24.8 Å². The van der Waals surface area contributed by atoms with Crippen molar-refractivity contribution in [2.45, 2.75) is 19.1 Å². The zero-order chi connectivity index (χ0) is 21.9. The summed E-state index contributed by atoms with van der Waals surface area (Å²) in [6.07, 6.45) is 0.0103. The number of non-ortho nitro benzene ring substituents is 1. The average Bonchev–Trinajstić information content (AvgIpc) is 2.77. The highest BCUT2D eigenvalue weighted by molar-refractivity contribution is 5.94. The van der Waals surface area contributed by atoms with Gasteiger partial charge in [-0.1, -0.05) is 30.3 Å². The van der Waals surface area contributed by atoms with Gasteiger partial charge in [-0.3, -0.25) is 24.9 Å². The summed E-state index contributed by atoms with van der Waals surface area (Å²) in [6, 6.07) is 13.5. The monoisotopic (exact) mass is 417 g/mol. The molecule has 0 radical (unpaired) electrons. The van der Waals surface area contributed by atoms with E-state index < -0.39 is 35.3 Å². The fourth-order valence-electron chi connectivity index (χ4n) is 2.76. The first-order chi connectivity index (χ1) is 14.4. The predicted molar refractivity (Wildman–Crippen MR) is 106 cm³/mol. The number of nitro groups is 1. The topological polar surface area (TPSA) is 151 Å². The number of rotatable bonds is 11. The van der Waals surface area contributed by atoms with Gasteiger partial charge >= 0.3 is 0 Å². The van der Waals surface area contributed by atoms with Gasteiger partial charge in [0.25, 0.3) is 11.6 Å². The van der Waals surface area contributed by atoms with E-state index in [1.807, 2.05) is 30.3 Å². The van der Waals surface area contributed by atoms with Crippen LogP contribution >= 0.6 is 0 Å². The number of hydroxylamine groups is 1. The van der Waals surface area contributed by atoms with Gasteiger partial charge in [0.1, 0.15) is 0 Å². The number of nitro benzene ring substituents is 1. The highest BCUT2D eigenvalue weighted by atomic mass is 16.6. The molecule has 0 saturated heterocycles. The van der Waals surface area contributed by atoms with Gasteiger partial charge in [0.05, 0.1) is 36.7 Å². The Kier molecular flexibility index (Phi) is 8.88. The minimum absolute atomic E-state index is 0.0103. The standard InChI is InChI=1S/C20H23N3O7/c24-11-17(21-19(25)15-6-8-18(9-7-15)23(28)29)10-16(20(26)22-27)13-30-12-14-4-2-1-3-5-14/h1-9,16-17,24,27H,10-13H2,(H,21,25)(H,22,26)/t16-,17+/m1/s1. The summed E-state index contributed by atoms with van der Waals surface area (Å²) >= 11 is 0. The second kappa shape index (κ2) is 11.6. The van der Waals surface area contributed by atoms with Crippen molar-refractivity contribution in [2.24, 2.45) is 5.92 Å². The molecular formula is C20H23N3O7. The number of carbonyl (C=O) groups excluding carboxylic acids is 2. The van der Waals surface area contributed by atoms with Crippen LogP contribution < -0.4 is 10.8 Å². The van der Waals surface area contributed by atoms with Gasteiger partial charge in [0.15, 0.2) is 0 Å². The molecule has 0 fully saturated rings. The van der Waals surface area contributed by atoms with Crippen LogP contribution in [0.15, 0.2) is 54.6 Å². The minimum atomic E-state index is -0.826. The molecule has 0 saturated carbocycles. The van der Waals surface area contributed by atoms with E-state index in [0.29, 0.717) is 0 Å². The third-order valence-corrected chi connectivity index (χ3v) is 4.38. The van der Waals surface area contributed by atoms with Gasteiger partial charge in [0.2, 0.25) is 5.91 Å². The lowest BCUT2D eigenvalue weighted by molar-refractivity contribution is -0.384. The van der Waals surface area contributed by atoms with Crippen LogP contribution in [0, 0.1) is 16.0 Å². The Bertz CT molecular complexity index is 843. The van der Waals surface area contributed by atoms with Crippen molar-refractivity contribution < 1.29 is 29.6 Å². The van der Waals surface area contributed by atoms with E-state index in [1.54, 1.807) is 5.48 Å². The van der Waals surface area contributed by atoms with E-state index in [2.05, 4.69) is 5.32 Å². The molecule has 160 valence electrons. The van der Waals surface area contributed by atoms with Crippen molar-refractivity contribution in [1.29, 1.82) is 0 Å². The van der Waals surface area contributed by atoms with Crippen molar-refractivity contribution >= 4 is 17.5 Å². The fourth-order valence-corrected chi connectivity index (χ4v) is 2.76. The number of aliphatic hydroxyl groups is 1. The van der Waals surface area contributed by atoms with Crippen molar-refractivity contribution in [2.75, 3.05) is 13.2 Å². The molecule has 2 aromatic rings. The Morgan fingerprint density at radius 1 is 1.10 bits per heavy atom. The van der Waals surface area contributed by atoms with Crippen LogP contribution in [0.5, 0.6) is 0 Å². The molecule has 0 spiro atoms. The van der Waals surface area contributed by atoms with Crippen LogP contribution in [0.3, 0.4) is 0 Å². The maximum Gasteiger partial charge on any atom is 0.269 e. The van der Waals surface area contributed by atoms with Crippen LogP contribution in [0.25, 0.3) is 0 Å². The Labute approximate surface area is 172 Å². The summed E-state index contributed by atoms with van der Waals surface area (Å²) in [5.74, 6) is -2.09. The number of carbonyl (C=O) groups is 2. The molecule has 2 aromatic carbocycles. The zero-order valence-electron chi connectivity index (χ0n) is 16.1. The van der Waals surface area contributed by atoms with Gasteiger partial charge in [-0.05, 0) is 24.1 Å². The highest BCUT2D eigenvalue weighted by Gasteiger charge is 2.24. The van der Waals surface area contributed by atoms with E-state index in [-0.39, 0.29) is 30.9 Å². The molecule has 4 N–H and O–H groups in total. The first-order valence-corrected chi connectivity index (χ1v) is 9.16. The maximum atomic E-state index is 12.3. The smallest absolute Gasteiger partial charge is 0.269 e. The number of nitrogens with zero attached hydrogens (tertiary/aromatic N) is 1. The molecule has 30 heavy (non-hydrogen) atoms. The molecule has 10 heteroatoms. The Balaban J connectivity index is 1.95. The lowest BCUT2D eigenvalue weighted by Crippen LogP contribution is -2.42. The van der Waals surface area contributed by atoms with Gasteiger partial charge in [0, 0.05) is 17.7 Å². The van der Waals surface area contributed by atoms with E-state index in [0.717, 1.165) is 5.56 Å². The van der Waals surface area contributed by atoms with Crippen molar-refractivity contribution in [3.63, 3.8) is 0 Å². The van der Waals surface area contributed by atoms with Crippen LogP contribution in [0.1, 0.15) is 22.3 Å². The number of nitrogens with one attached hydrogen (secondary N) is 2. The molecule has 2 rings (SSSR count). The van der Waals surface area contributed by atoms with Gasteiger partial charge in [-0.15, -0.1) is 0 Å². The largest absolute Gasteiger partial charge is 0.394 e. The van der Waals surface area contributed by atoms with Gasteiger partial charge in [-0.25, -0.2) is 5.48 Å². The molecule has 0 aromatic heterocycles. The van der Waals surface area contributed by atoms with Gasteiger partial charge < -0.3 is 15.2 Å². The summed E-state index contributed by atoms with van der Waals surface area (Å²) in [5, 5.41) is 31.9. The van der Waals surface area contributed by atoms with E-state index in [4.69, 9.17) is 9.94 Å². The number of amides is 2. The Hall–Kier alpha value is -3.34. The lowest BCUT2D eigenvalue weighted by atomic mass is 9.99. The summed E-state index contributed by atoms with van der Waals surface area (Å²) in [5.41, 5.74) is 2.49. The number of hydrogen-bond donors (Lipinski definition) is 4.